The van der Waals surface area contributed by atoms with Crippen molar-refractivity contribution in [1.82, 2.24) is 0 Å². The van der Waals surface area contributed by atoms with Crippen molar-refractivity contribution in [3.63, 3.8) is 0 Å². The Morgan fingerprint density at radius 1 is 1.23 bits per heavy atom. The van der Waals surface area contributed by atoms with Gasteiger partial charge in [0, 0.05) is 13.8 Å². The molecule has 0 radical (unpaired) electrons. The summed E-state index contributed by atoms with van der Waals surface area (Å²) in [5, 5.41) is 7.42. The zero-order valence-electron chi connectivity index (χ0n) is 8.07. The molecule has 0 aromatic heterocycles. The third-order valence-corrected chi connectivity index (χ3v) is 0.384. The van der Waals surface area contributed by atoms with Gasteiger partial charge in [-0.15, -0.1) is 0 Å². The maximum Gasteiger partial charge on any atom is 0.302 e. The fraction of sp³-hybridized carbons (Fsp3) is 0.571. The van der Waals surface area contributed by atoms with Crippen LogP contribution in [0.2, 0.25) is 0 Å². The van der Waals surface area contributed by atoms with E-state index in [1.165, 1.54) is 21.1 Å². The summed E-state index contributed by atoms with van der Waals surface area (Å²) in [5.41, 5.74) is 0. The summed E-state index contributed by atoms with van der Waals surface area (Å²) >= 11 is 0. The van der Waals surface area contributed by atoms with Gasteiger partial charge in [-0.25, -0.2) is 0 Å². The molecule has 0 spiro atoms. The number of carbonyl (C=O) groups excluding carboxylic acids is 2. The lowest BCUT2D eigenvalue weighted by Gasteiger charge is -1.80. The summed E-state index contributed by atoms with van der Waals surface area (Å²) in [7, 11) is 2.66. The van der Waals surface area contributed by atoms with E-state index in [1.54, 1.807) is 0 Å². The maximum absolute atomic E-state index is 9.59. The van der Waals surface area contributed by atoms with Gasteiger partial charge in [-0.05, 0) is 0 Å². The highest BCUT2D eigenvalue weighted by Gasteiger charge is 1.75. The fourth-order valence-electron chi connectivity index (χ4n) is 0. The van der Waals surface area contributed by atoms with Gasteiger partial charge in [-0.2, -0.15) is 0 Å². The van der Waals surface area contributed by atoms with E-state index in [2.05, 4.69) is 9.47 Å². The Morgan fingerprint density at radius 2 is 1.38 bits per heavy atom. The van der Waals surface area contributed by atoms with E-state index < -0.39 is 5.97 Å². The average molecular weight is 194 g/mol. The highest BCUT2D eigenvalue weighted by molar-refractivity contribution is 5.65. The van der Waals surface area contributed by atoms with Gasteiger partial charge < -0.3 is 14.6 Å². The van der Waals surface area contributed by atoms with E-state index in [0.29, 0.717) is 6.47 Å². The van der Waals surface area contributed by atoms with E-state index in [-0.39, 0.29) is 5.97 Å². The van der Waals surface area contributed by atoms with Crippen molar-refractivity contribution in [1.29, 1.82) is 0 Å². The quantitative estimate of drug-likeness (QED) is 0.469. The van der Waals surface area contributed by atoms with Gasteiger partial charge in [0.25, 0.3) is 12.4 Å². The topological polar surface area (TPSA) is 89.9 Å². The molecule has 0 bridgehead atoms. The molecule has 6 heteroatoms. The Labute approximate surface area is 76.4 Å². The van der Waals surface area contributed by atoms with Crippen LogP contribution in [0.4, 0.5) is 0 Å². The Hall–Kier alpha value is -1.59. The molecule has 0 aliphatic carbocycles. The molecule has 0 aliphatic heterocycles. The lowest BCUT2D eigenvalue weighted by molar-refractivity contribution is -0.138. The molecule has 0 saturated carbocycles. The van der Waals surface area contributed by atoms with E-state index in [4.69, 9.17) is 14.7 Å². The normalized spacial score (nSPS) is 6.15. The Morgan fingerprint density at radius 3 is 1.38 bits per heavy atom. The predicted molar refractivity (Wildman–Crippen MR) is 44.1 cm³/mol. The van der Waals surface area contributed by atoms with E-state index in [1.807, 2.05) is 0 Å². The zero-order valence-corrected chi connectivity index (χ0v) is 8.07. The van der Waals surface area contributed by atoms with Crippen LogP contribution in [0.3, 0.4) is 0 Å². The lowest BCUT2D eigenvalue weighted by Crippen LogP contribution is -1.88. The van der Waals surface area contributed by atoms with Crippen LogP contribution in [-0.2, 0) is 23.9 Å². The first-order valence-electron chi connectivity index (χ1n) is 3.12. The molecule has 0 unspecified atom stereocenters. The number of carboxylic acids is 1. The van der Waals surface area contributed by atoms with Gasteiger partial charge in [-0.1, -0.05) is 0 Å². The van der Waals surface area contributed by atoms with Crippen LogP contribution in [0.25, 0.3) is 0 Å². The third-order valence-electron chi connectivity index (χ3n) is 0.384. The number of rotatable bonds is 1. The van der Waals surface area contributed by atoms with Gasteiger partial charge in [0.1, 0.15) is 0 Å². The van der Waals surface area contributed by atoms with Crippen molar-refractivity contribution in [3.05, 3.63) is 0 Å². The first kappa shape index (κ1) is 17.5. The SMILES string of the molecule is CC(=O)O.COC(C)=O.COC=O. The summed E-state index contributed by atoms with van der Waals surface area (Å²) in [5.74, 6) is -1.08. The number of hydrogen-bond donors (Lipinski definition) is 1. The van der Waals surface area contributed by atoms with Gasteiger partial charge in [0.05, 0.1) is 14.2 Å². The van der Waals surface area contributed by atoms with Crippen molar-refractivity contribution in [2.75, 3.05) is 14.2 Å². The summed E-state index contributed by atoms with van der Waals surface area (Å²) in [6.07, 6.45) is 0. The van der Waals surface area contributed by atoms with E-state index in [0.717, 1.165) is 6.92 Å². The molecule has 6 nitrogen and oxygen atoms in total. The lowest BCUT2D eigenvalue weighted by atomic mass is 10.8. The molecule has 78 valence electrons. The van der Waals surface area contributed by atoms with E-state index >= 15 is 0 Å². The van der Waals surface area contributed by atoms with Crippen molar-refractivity contribution in [2.24, 2.45) is 0 Å². The van der Waals surface area contributed by atoms with Crippen molar-refractivity contribution >= 4 is 18.4 Å². The molecular formula is C7H14O6. The minimum absolute atomic E-state index is 0.245. The smallest absolute Gasteiger partial charge is 0.302 e. The highest BCUT2D eigenvalue weighted by atomic mass is 16.5. The standard InChI is InChI=1S/C3H6O2.2C2H4O2/c1-3(4)5-2;1-4-2-3;1-2(3)4/h1-2H3;2H,1H3;1H3,(H,3,4). The van der Waals surface area contributed by atoms with Crippen LogP contribution < -0.4 is 0 Å². The predicted octanol–water partition coefficient (Wildman–Crippen LogP) is 0.0594. The minimum atomic E-state index is -0.833. The molecule has 1 N–H and O–H groups in total. The van der Waals surface area contributed by atoms with Crippen LogP contribution in [0.15, 0.2) is 0 Å². The first-order valence-corrected chi connectivity index (χ1v) is 3.12. The molecule has 0 amide bonds. The number of methoxy groups -OCH3 is 2. The molecule has 0 aliphatic rings. The van der Waals surface area contributed by atoms with Gasteiger partial charge in [0.2, 0.25) is 0 Å². The number of aliphatic carboxylic acids is 1. The summed E-state index contributed by atoms with van der Waals surface area (Å²) in [4.78, 5) is 27.5. The molecule has 0 heterocycles. The molecule has 0 aromatic carbocycles. The molecule has 13 heavy (non-hydrogen) atoms. The highest BCUT2D eigenvalue weighted by Crippen LogP contribution is 1.60. The molecule has 0 rings (SSSR count). The largest absolute Gasteiger partial charge is 0.481 e. The fourth-order valence-corrected chi connectivity index (χ4v) is 0. The first-order chi connectivity index (χ1) is 5.92. The minimum Gasteiger partial charge on any atom is -0.481 e. The van der Waals surface area contributed by atoms with Crippen molar-refractivity contribution in [2.45, 2.75) is 13.8 Å². The van der Waals surface area contributed by atoms with Crippen LogP contribution in [0, 0.1) is 0 Å². The molecule has 0 fully saturated rings. The Kier molecular flexibility index (Phi) is 22.6. The zero-order chi connectivity index (χ0) is 11.3. The van der Waals surface area contributed by atoms with Crippen molar-refractivity contribution < 1.29 is 29.0 Å². The van der Waals surface area contributed by atoms with Crippen LogP contribution >= 0.6 is 0 Å². The van der Waals surface area contributed by atoms with Crippen LogP contribution in [-0.4, -0.2) is 37.7 Å². The summed E-state index contributed by atoms with van der Waals surface area (Å²) in [6, 6.07) is 0. The number of carboxylic acid groups (broad SMARTS) is 1. The Bertz CT molecular complexity index is 138. The second-order valence-corrected chi connectivity index (χ2v) is 1.55. The monoisotopic (exact) mass is 194 g/mol. The molecule has 0 aromatic rings. The third kappa shape index (κ3) is 370. The average Bonchev–Trinajstić information content (AvgIpc) is 2.04. The van der Waals surface area contributed by atoms with Crippen molar-refractivity contribution in [3.8, 4) is 0 Å². The van der Waals surface area contributed by atoms with Gasteiger partial charge in [-0.3, -0.25) is 14.4 Å². The molecular weight excluding hydrogens is 180 g/mol. The molecule has 0 atom stereocenters. The Balaban J connectivity index is -0.000000117. The van der Waals surface area contributed by atoms with E-state index in [9.17, 15) is 4.79 Å². The number of hydrogen-bond acceptors (Lipinski definition) is 5. The second kappa shape index (κ2) is 16.8. The number of ether oxygens (including phenoxy) is 2. The number of carbonyl (C=O) groups is 3. The van der Waals surface area contributed by atoms with Gasteiger partial charge >= 0.3 is 5.97 Å². The second-order valence-electron chi connectivity index (χ2n) is 1.55. The maximum atomic E-state index is 9.59. The molecule has 0 saturated heterocycles. The number of esters is 1. The van der Waals surface area contributed by atoms with Gasteiger partial charge in [0.15, 0.2) is 0 Å². The van der Waals surface area contributed by atoms with Crippen LogP contribution in [0.5, 0.6) is 0 Å². The summed E-state index contributed by atoms with van der Waals surface area (Å²) < 4.78 is 7.97. The summed E-state index contributed by atoms with van der Waals surface area (Å²) in [6.45, 7) is 2.82. The van der Waals surface area contributed by atoms with Crippen LogP contribution in [0.1, 0.15) is 13.8 Å².